The van der Waals surface area contributed by atoms with Gasteiger partial charge < -0.3 is 10.4 Å². The van der Waals surface area contributed by atoms with Crippen molar-refractivity contribution in [1.82, 2.24) is 4.72 Å². The summed E-state index contributed by atoms with van der Waals surface area (Å²) in [6.07, 6.45) is 0. The summed E-state index contributed by atoms with van der Waals surface area (Å²) in [5.41, 5.74) is 0.0370. The third kappa shape index (κ3) is 3.52. The molecule has 0 saturated carbocycles. The topological polar surface area (TPSA) is 113 Å². The second-order valence-corrected chi connectivity index (χ2v) is 5.61. The number of anilines is 1. The Balaban J connectivity index is 3.10. The van der Waals surface area contributed by atoms with Crippen molar-refractivity contribution in [2.45, 2.75) is 11.8 Å². The Labute approximate surface area is 110 Å². The first kappa shape index (κ1) is 15.1. The Morgan fingerprint density at radius 3 is 2.37 bits per heavy atom. The molecule has 0 aliphatic heterocycles. The maximum Gasteiger partial charge on any atom is 0.315 e. The van der Waals surface area contributed by atoms with E-state index in [4.69, 9.17) is 5.11 Å². The predicted molar refractivity (Wildman–Crippen MR) is 68.1 cm³/mol. The quantitative estimate of drug-likeness (QED) is 0.672. The molecule has 1 unspecified atom stereocenters. The van der Waals surface area contributed by atoms with E-state index < -0.39 is 27.8 Å². The largest absolute Gasteiger partial charge is 0.481 e. The van der Waals surface area contributed by atoms with Gasteiger partial charge in [0, 0.05) is 0 Å². The Morgan fingerprint density at radius 1 is 1.26 bits per heavy atom. The van der Waals surface area contributed by atoms with Crippen LogP contribution in [-0.4, -0.2) is 32.4 Å². The maximum atomic E-state index is 11.7. The van der Waals surface area contributed by atoms with Crippen LogP contribution in [0.1, 0.15) is 6.92 Å². The Kier molecular flexibility index (Phi) is 4.62. The highest BCUT2D eigenvalue weighted by molar-refractivity contribution is 7.89. The average molecular weight is 286 g/mol. The summed E-state index contributed by atoms with van der Waals surface area (Å²) in [5, 5.41) is 11.0. The van der Waals surface area contributed by atoms with E-state index in [0.717, 1.165) is 0 Å². The van der Waals surface area contributed by atoms with Crippen molar-refractivity contribution in [3.63, 3.8) is 0 Å². The summed E-state index contributed by atoms with van der Waals surface area (Å²) in [7, 11) is -2.49. The summed E-state index contributed by atoms with van der Waals surface area (Å²) in [6, 6.07) is 5.74. The van der Waals surface area contributed by atoms with Crippen molar-refractivity contribution in [3.8, 4) is 0 Å². The number of amides is 1. The van der Waals surface area contributed by atoms with Crippen LogP contribution >= 0.6 is 0 Å². The molecule has 0 spiro atoms. The van der Waals surface area contributed by atoms with Gasteiger partial charge in [0.05, 0.1) is 5.69 Å². The first-order valence-corrected chi connectivity index (χ1v) is 6.84. The second-order valence-electron chi connectivity index (χ2n) is 3.75. The van der Waals surface area contributed by atoms with Gasteiger partial charge >= 0.3 is 5.97 Å². The van der Waals surface area contributed by atoms with Gasteiger partial charge in [-0.1, -0.05) is 12.1 Å². The van der Waals surface area contributed by atoms with Crippen molar-refractivity contribution in [2.24, 2.45) is 5.92 Å². The van der Waals surface area contributed by atoms with Crippen LogP contribution in [0.2, 0.25) is 0 Å². The number of nitrogens with one attached hydrogen (secondary N) is 2. The molecule has 19 heavy (non-hydrogen) atoms. The number of carboxylic acid groups (broad SMARTS) is 1. The fourth-order valence-corrected chi connectivity index (χ4v) is 2.15. The number of hydrogen-bond acceptors (Lipinski definition) is 4. The van der Waals surface area contributed by atoms with Crippen molar-refractivity contribution < 1.29 is 23.1 Å². The highest BCUT2D eigenvalue weighted by atomic mass is 32.2. The molecule has 104 valence electrons. The molecule has 7 nitrogen and oxygen atoms in total. The zero-order valence-corrected chi connectivity index (χ0v) is 11.2. The van der Waals surface area contributed by atoms with Crippen molar-refractivity contribution in [1.29, 1.82) is 0 Å². The lowest BCUT2D eigenvalue weighted by Crippen LogP contribution is -2.28. The molecule has 3 N–H and O–H groups in total. The molecule has 0 radical (unpaired) electrons. The van der Waals surface area contributed by atoms with E-state index in [1.54, 1.807) is 0 Å². The van der Waals surface area contributed by atoms with Crippen LogP contribution in [0.15, 0.2) is 29.2 Å². The zero-order valence-electron chi connectivity index (χ0n) is 10.4. The summed E-state index contributed by atoms with van der Waals surface area (Å²) in [5.74, 6) is -3.34. The van der Waals surface area contributed by atoms with Gasteiger partial charge in [-0.15, -0.1) is 0 Å². The van der Waals surface area contributed by atoms with E-state index in [1.165, 1.54) is 38.2 Å². The molecule has 0 bridgehead atoms. The summed E-state index contributed by atoms with van der Waals surface area (Å²) in [4.78, 5) is 22.2. The van der Waals surface area contributed by atoms with Gasteiger partial charge in [-0.3, -0.25) is 9.59 Å². The third-order valence-electron chi connectivity index (χ3n) is 2.47. The highest BCUT2D eigenvalue weighted by Crippen LogP contribution is 2.20. The molecule has 1 rings (SSSR count). The Bertz CT molecular complexity index is 597. The molecule has 0 heterocycles. The third-order valence-corrected chi connectivity index (χ3v) is 3.94. The van der Waals surface area contributed by atoms with Gasteiger partial charge in [0.15, 0.2) is 0 Å². The van der Waals surface area contributed by atoms with E-state index in [0.29, 0.717) is 0 Å². The second kappa shape index (κ2) is 5.81. The fourth-order valence-electron chi connectivity index (χ4n) is 1.27. The van der Waals surface area contributed by atoms with E-state index in [1.807, 2.05) is 0 Å². The van der Waals surface area contributed by atoms with Gasteiger partial charge in [0.2, 0.25) is 15.9 Å². The molecule has 1 aromatic carbocycles. The van der Waals surface area contributed by atoms with Crippen molar-refractivity contribution in [2.75, 3.05) is 12.4 Å². The molecule has 0 aliphatic rings. The number of benzene rings is 1. The number of rotatable bonds is 5. The minimum absolute atomic E-state index is 0.0370. The standard InChI is InChI=1S/C11H14N2O5S/c1-7(11(15)16)10(14)13-8-5-3-4-6-9(8)19(17,18)12-2/h3-7,12H,1-2H3,(H,13,14)(H,15,16). The predicted octanol–water partition coefficient (Wildman–Crippen LogP) is 0.254. The SMILES string of the molecule is CNS(=O)(=O)c1ccccc1NC(=O)C(C)C(=O)O. The molecule has 1 amide bonds. The molecule has 1 atom stereocenters. The molecule has 0 aliphatic carbocycles. The monoisotopic (exact) mass is 286 g/mol. The normalized spacial score (nSPS) is 12.7. The van der Waals surface area contributed by atoms with Crippen LogP contribution in [-0.2, 0) is 19.6 Å². The highest BCUT2D eigenvalue weighted by Gasteiger charge is 2.23. The molecule has 1 aromatic rings. The number of sulfonamides is 1. The molecule has 0 saturated heterocycles. The lowest BCUT2D eigenvalue weighted by atomic mass is 10.1. The zero-order chi connectivity index (χ0) is 14.6. The summed E-state index contributed by atoms with van der Waals surface area (Å²) < 4.78 is 25.6. The van der Waals surface area contributed by atoms with E-state index >= 15 is 0 Å². The molecule has 0 fully saturated rings. The number of carbonyl (C=O) groups excluding carboxylic acids is 1. The van der Waals surface area contributed by atoms with Crippen LogP contribution in [0.4, 0.5) is 5.69 Å². The Hall–Kier alpha value is -1.93. The first-order valence-electron chi connectivity index (χ1n) is 5.36. The van der Waals surface area contributed by atoms with Crippen LogP contribution in [0.3, 0.4) is 0 Å². The van der Waals surface area contributed by atoms with Gasteiger partial charge in [0.25, 0.3) is 0 Å². The molecule has 0 aromatic heterocycles. The number of para-hydroxylation sites is 1. The maximum absolute atomic E-state index is 11.7. The van der Waals surface area contributed by atoms with E-state index in [2.05, 4.69) is 10.0 Å². The number of hydrogen-bond donors (Lipinski definition) is 3. The number of aliphatic carboxylic acids is 1. The van der Waals surface area contributed by atoms with E-state index in [9.17, 15) is 18.0 Å². The van der Waals surface area contributed by atoms with Crippen LogP contribution < -0.4 is 10.0 Å². The van der Waals surface area contributed by atoms with Gasteiger partial charge in [0.1, 0.15) is 10.8 Å². The van der Waals surface area contributed by atoms with Crippen molar-refractivity contribution >= 4 is 27.6 Å². The first-order chi connectivity index (χ1) is 8.79. The minimum atomic E-state index is -3.73. The Morgan fingerprint density at radius 2 is 1.84 bits per heavy atom. The van der Waals surface area contributed by atoms with Gasteiger partial charge in [-0.25, -0.2) is 13.1 Å². The van der Waals surface area contributed by atoms with Crippen molar-refractivity contribution in [3.05, 3.63) is 24.3 Å². The van der Waals surface area contributed by atoms with Crippen LogP contribution in [0.5, 0.6) is 0 Å². The summed E-state index contributed by atoms with van der Waals surface area (Å²) >= 11 is 0. The fraction of sp³-hybridized carbons (Fsp3) is 0.273. The number of carbonyl (C=O) groups is 2. The lowest BCUT2D eigenvalue weighted by Gasteiger charge is -2.12. The lowest BCUT2D eigenvalue weighted by molar-refractivity contribution is -0.144. The van der Waals surface area contributed by atoms with E-state index in [-0.39, 0.29) is 10.6 Å². The molecule has 8 heteroatoms. The van der Waals surface area contributed by atoms with Crippen LogP contribution in [0.25, 0.3) is 0 Å². The minimum Gasteiger partial charge on any atom is -0.481 e. The molecular formula is C11H14N2O5S. The van der Waals surface area contributed by atoms with Crippen LogP contribution in [0, 0.1) is 5.92 Å². The average Bonchev–Trinajstić information content (AvgIpc) is 2.38. The molecular weight excluding hydrogens is 272 g/mol. The smallest absolute Gasteiger partial charge is 0.315 e. The summed E-state index contributed by atoms with van der Waals surface area (Å²) in [6.45, 7) is 1.22. The number of carboxylic acids is 1. The van der Waals surface area contributed by atoms with Gasteiger partial charge in [-0.05, 0) is 26.1 Å². The van der Waals surface area contributed by atoms with Gasteiger partial charge in [-0.2, -0.15) is 0 Å².